The minimum absolute atomic E-state index is 0.0489. The van der Waals surface area contributed by atoms with E-state index in [1.54, 1.807) is 30.0 Å². The molecule has 0 fully saturated rings. The van der Waals surface area contributed by atoms with Crippen LogP contribution in [0, 0.1) is 11.7 Å². The van der Waals surface area contributed by atoms with Crippen LogP contribution < -0.4 is 4.74 Å². The first-order valence-electron chi connectivity index (χ1n) is 5.95. The summed E-state index contributed by atoms with van der Waals surface area (Å²) in [6, 6.07) is 4.88. The zero-order chi connectivity index (χ0) is 13.5. The second kappa shape index (κ2) is 7.41. The zero-order valence-corrected chi connectivity index (χ0v) is 11.8. The Morgan fingerprint density at radius 2 is 2.17 bits per heavy atom. The molecule has 0 radical (unpaired) electrons. The van der Waals surface area contributed by atoms with Gasteiger partial charge in [-0.3, -0.25) is 4.79 Å². The highest BCUT2D eigenvalue weighted by molar-refractivity contribution is 7.99. The monoisotopic (exact) mass is 270 g/mol. The number of carbonyl (C=O) groups excluding carboxylic acids is 1. The fraction of sp³-hybridized carbons (Fsp3) is 0.500. The quantitative estimate of drug-likeness (QED) is 0.760. The third kappa shape index (κ3) is 4.69. The molecule has 0 atom stereocenters. The third-order valence-corrected chi connectivity index (χ3v) is 3.79. The maximum absolute atomic E-state index is 13.8. The van der Waals surface area contributed by atoms with E-state index in [2.05, 4.69) is 13.8 Å². The SMILES string of the molecule is COc1cccc(CC(=O)CSCC(C)C)c1F. The van der Waals surface area contributed by atoms with Crippen LogP contribution in [0.2, 0.25) is 0 Å². The zero-order valence-electron chi connectivity index (χ0n) is 11.0. The second-order valence-electron chi connectivity index (χ2n) is 4.56. The first kappa shape index (κ1) is 15.0. The number of hydrogen-bond acceptors (Lipinski definition) is 3. The molecule has 0 N–H and O–H groups in total. The van der Waals surface area contributed by atoms with E-state index >= 15 is 0 Å². The number of halogens is 1. The molecule has 0 unspecified atom stereocenters. The average molecular weight is 270 g/mol. The molecule has 1 aromatic carbocycles. The molecule has 18 heavy (non-hydrogen) atoms. The van der Waals surface area contributed by atoms with Gasteiger partial charge in [0.15, 0.2) is 11.6 Å². The molecule has 0 aliphatic carbocycles. The third-order valence-electron chi connectivity index (χ3n) is 2.37. The number of methoxy groups -OCH3 is 1. The number of carbonyl (C=O) groups is 1. The van der Waals surface area contributed by atoms with Crippen LogP contribution in [0.15, 0.2) is 18.2 Å². The molecular formula is C14H19FO2S. The Morgan fingerprint density at radius 3 is 2.78 bits per heavy atom. The van der Waals surface area contributed by atoms with Crippen molar-refractivity contribution in [3.8, 4) is 5.75 Å². The smallest absolute Gasteiger partial charge is 0.168 e. The van der Waals surface area contributed by atoms with Gasteiger partial charge in [-0.1, -0.05) is 26.0 Å². The molecule has 0 amide bonds. The van der Waals surface area contributed by atoms with Crippen LogP contribution in [0.1, 0.15) is 19.4 Å². The lowest BCUT2D eigenvalue weighted by atomic mass is 10.1. The molecule has 4 heteroatoms. The molecular weight excluding hydrogens is 251 g/mol. The summed E-state index contributed by atoms with van der Waals surface area (Å²) >= 11 is 1.60. The number of hydrogen-bond donors (Lipinski definition) is 0. The van der Waals surface area contributed by atoms with Crippen LogP contribution in [-0.4, -0.2) is 24.4 Å². The van der Waals surface area contributed by atoms with E-state index in [4.69, 9.17) is 4.74 Å². The number of ketones is 1. The van der Waals surface area contributed by atoms with Gasteiger partial charge < -0.3 is 4.74 Å². The van der Waals surface area contributed by atoms with Crippen molar-refractivity contribution in [2.75, 3.05) is 18.6 Å². The Balaban J connectivity index is 2.54. The lowest BCUT2D eigenvalue weighted by Gasteiger charge is -2.07. The van der Waals surface area contributed by atoms with Gasteiger partial charge in [-0.15, -0.1) is 0 Å². The first-order valence-corrected chi connectivity index (χ1v) is 7.11. The van der Waals surface area contributed by atoms with E-state index in [0.29, 0.717) is 17.2 Å². The van der Waals surface area contributed by atoms with E-state index in [9.17, 15) is 9.18 Å². The predicted molar refractivity (Wildman–Crippen MR) is 73.8 cm³/mol. The van der Waals surface area contributed by atoms with Crippen molar-refractivity contribution >= 4 is 17.5 Å². The van der Waals surface area contributed by atoms with E-state index in [-0.39, 0.29) is 18.0 Å². The summed E-state index contributed by atoms with van der Waals surface area (Å²) in [5.74, 6) is 1.77. The molecule has 100 valence electrons. The molecule has 1 rings (SSSR count). The van der Waals surface area contributed by atoms with E-state index in [0.717, 1.165) is 5.75 Å². The van der Waals surface area contributed by atoms with Crippen molar-refractivity contribution in [2.45, 2.75) is 20.3 Å². The van der Waals surface area contributed by atoms with Crippen molar-refractivity contribution in [3.05, 3.63) is 29.6 Å². The lowest BCUT2D eigenvalue weighted by molar-refractivity contribution is -0.116. The highest BCUT2D eigenvalue weighted by Gasteiger charge is 2.12. The van der Waals surface area contributed by atoms with Crippen molar-refractivity contribution < 1.29 is 13.9 Å². The van der Waals surface area contributed by atoms with Gasteiger partial charge in [0.1, 0.15) is 5.78 Å². The van der Waals surface area contributed by atoms with Crippen molar-refractivity contribution in [3.63, 3.8) is 0 Å². The van der Waals surface area contributed by atoms with Gasteiger partial charge in [0.25, 0.3) is 0 Å². The Bertz CT molecular complexity index is 405. The van der Waals surface area contributed by atoms with E-state index in [1.165, 1.54) is 7.11 Å². The van der Waals surface area contributed by atoms with Gasteiger partial charge in [-0.25, -0.2) is 4.39 Å². The van der Waals surface area contributed by atoms with Gasteiger partial charge in [0.05, 0.1) is 12.9 Å². The molecule has 0 aliphatic rings. The molecule has 1 aromatic rings. The first-order chi connectivity index (χ1) is 8.54. The highest BCUT2D eigenvalue weighted by atomic mass is 32.2. The Morgan fingerprint density at radius 1 is 1.44 bits per heavy atom. The van der Waals surface area contributed by atoms with Crippen LogP contribution in [0.3, 0.4) is 0 Å². The van der Waals surface area contributed by atoms with Gasteiger partial charge in [-0.05, 0) is 23.3 Å². The number of benzene rings is 1. The van der Waals surface area contributed by atoms with Crippen LogP contribution in [0.4, 0.5) is 4.39 Å². The Hall–Kier alpha value is -1.03. The Kier molecular flexibility index (Phi) is 6.19. The highest BCUT2D eigenvalue weighted by Crippen LogP contribution is 2.21. The maximum Gasteiger partial charge on any atom is 0.168 e. The van der Waals surface area contributed by atoms with Crippen molar-refractivity contribution in [1.82, 2.24) is 0 Å². The fourth-order valence-corrected chi connectivity index (χ4v) is 2.44. The van der Waals surface area contributed by atoms with Gasteiger partial charge in [0, 0.05) is 6.42 Å². The molecule has 2 nitrogen and oxygen atoms in total. The average Bonchev–Trinajstić information content (AvgIpc) is 2.31. The topological polar surface area (TPSA) is 26.3 Å². The summed E-state index contributed by atoms with van der Waals surface area (Å²) in [7, 11) is 1.42. The Labute approximate surface area is 112 Å². The number of ether oxygens (including phenoxy) is 1. The van der Waals surface area contributed by atoms with Crippen LogP contribution in [0.25, 0.3) is 0 Å². The van der Waals surface area contributed by atoms with Crippen LogP contribution in [-0.2, 0) is 11.2 Å². The van der Waals surface area contributed by atoms with Crippen molar-refractivity contribution in [1.29, 1.82) is 0 Å². The molecule has 0 heterocycles. The predicted octanol–water partition coefficient (Wildman–Crippen LogP) is 3.34. The summed E-state index contributed by atoms with van der Waals surface area (Å²) in [6.07, 6.45) is 0.133. The second-order valence-corrected chi connectivity index (χ2v) is 5.59. The van der Waals surface area contributed by atoms with Gasteiger partial charge >= 0.3 is 0 Å². The number of thioether (sulfide) groups is 1. The summed E-state index contributed by atoms with van der Waals surface area (Å²) < 4.78 is 18.7. The lowest BCUT2D eigenvalue weighted by Crippen LogP contribution is -2.09. The molecule has 0 saturated heterocycles. The summed E-state index contributed by atoms with van der Waals surface area (Å²) in [5.41, 5.74) is 0.407. The number of rotatable bonds is 7. The number of Topliss-reactive ketones (excluding diaryl/α,β-unsaturated/α-hetero) is 1. The molecule has 0 aliphatic heterocycles. The summed E-state index contributed by atoms with van der Waals surface area (Å²) in [4.78, 5) is 11.7. The fourth-order valence-electron chi connectivity index (χ4n) is 1.52. The normalized spacial score (nSPS) is 10.7. The van der Waals surface area contributed by atoms with Gasteiger partial charge in [-0.2, -0.15) is 11.8 Å². The molecule has 0 aromatic heterocycles. The minimum atomic E-state index is -0.429. The van der Waals surface area contributed by atoms with Crippen molar-refractivity contribution in [2.24, 2.45) is 5.92 Å². The summed E-state index contributed by atoms with van der Waals surface area (Å²) in [6.45, 7) is 4.22. The maximum atomic E-state index is 13.8. The standard InChI is InChI=1S/C14H19FO2S/c1-10(2)8-18-9-12(16)7-11-5-4-6-13(17-3)14(11)15/h4-6,10H,7-9H2,1-3H3. The molecule has 0 bridgehead atoms. The molecule has 0 saturated carbocycles. The van der Waals surface area contributed by atoms with Crippen LogP contribution >= 0.6 is 11.8 Å². The van der Waals surface area contributed by atoms with E-state index in [1.807, 2.05) is 0 Å². The largest absolute Gasteiger partial charge is 0.494 e. The van der Waals surface area contributed by atoms with Crippen LogP contribution in [0.5, 0.6) is 5.75 Å². The summed E-state index contributed by atoms with van der Waals surface area (Å²) in [5, 5.41) is 0. The van der Waals surface area contributed by atoms with Gasteiger partial charge in [0.2, 0.25) is 0 Å². The minimum Gasteiger partial charge on any atom is -0.494 e. The molecule has 0 spiro atoms. The van der Waals surface area contributed by atoms with E-state index < -0.39 is 5.82 Å².